The third-order valence-corrected chi connectivity index (χ3v) is 2.98. The lowest BCUT2D eigenvalue weighted by atomic mass is 10.1. The van der Waals surface area contributed by atoms with E-state index in [0.717, 1.165) is 37.8 Å². The van der Waals surface area contributed by atoms with Gasteiger partial charge in [-0.25, -0.2) is 0 Å². The smallest absolute Gasteiger partial charge is 0.454 e. The SMILES string of the molecule is O=C(c1ccc(OC2CCCC2)cc1)C(F)(F)F. The maximum absolute atomic E-state index is 12.2. The van der Waals surface area contributed by atoms with Crippen LogP contribution in [-0.2, 0) is 0 Å². The molecule has 0 radical (unpaired) electrons. The van der Waals surface area contributed by atoms with Gasteiger partial charge < -0.3 is 4.74 Å². The lowest BCUT2D eigenvalue weighted by Crippen LogP contribution is -2.22. The van der Waals surface area contributed by atoms with Gasteiger partial charge in [-0.1, -0.05) is 0 Å². The van der Waals surface area contributed by atoms with Crippen molar-refractivity contribution in [2.75, 3.05) is 0 Å². The molecule has 0 bridgehead atoms. The summed E-state index contributed by atoms with van der Waals surface area (Å²) < 4.78 is 42.1. The largest absolute Gasteiger partial charge is 0.490 e. The Bertz CT molecular complexity index is 417. The molecule has 0 aromatic heterocycles. The lowest BCUT2D eigenvalue weighted by Gasteiger charge is -2.13. The first-order chi connectivity index (χ1) is 8.47. The van der Waals surface area contributed by atoms with Crippen molar-refractivity contribution >= 4 is 5.78 Å². The first-order valence-corrected chi connectivity index (χ1v) is 5.85. The molecule has 0 saturated heterocycles. The first-order valence-electron chi connectivity index (χ1n) is 5.85. The first kappa shape index (κ1) is 12.9. The van der Waals surface area contributed by atoms with Crippen LogP contribution < -0.4 is 4.74 Å². The Balaban J connectivity index is 2.03. The fraction of sp³-hybridized carbons (Fsp3) is 0.462. The zero-order chi connectivity index (χ0) is 13.2. The van der Waals surface area contributed by atoms with E-state index in [1.807, 2.05) is 0 Å². The topological polar surface area (TPSA) is 26.3 Å². The van der Waals surface area contributed by atoms with Gasteiger partial charge in [0.2, 0.25) is 0 Å². The molecule has 1 aromatic rings. The molecule has 0 unspecified atom stereocenters. The molecule has 0 heterocycles. The third-order valence-electron chi connectivity index (χ3n) is 2.98. The minimum absolute atomic E-state index is 0.147. The van der Waals surface area contributed by atoms with E-state index >= 15 is 0 Å². The van der Waals surface area contributed by atoms with Crippen molar-refractivity contribution in [1.29, 1.82) is 0 Å². The van der Waals surface area contributed by atoms with Gasteiger partial charge in [-0.15, -0.1) is 0 Å². The Morgan fingerprint density at radius 2 is 1.67 bits per heavy atom. The van der Waals surface area contributed by atoms with E-state index in [1.165, 1.54) is 12.1 Å². The van der Waals surface area contributed by atoms with Crippen LogP contribution in [0.1, 0.15) is 36.0 Å². The van der Waals surface area contributed by atoms with Gasteiger partial charge in [0.15, 0.2) is 0 Å². The Morgan fingerprint density at radius 1 is 1.11 bits per heavy atom. The molecule has 0 N–H and O–H groups in total. The van der Waals surface area contributed by atoms with Crippen molar-refractivity contribution < 1.29 is 22.7 Å². The van der Waals surface area contributed by atoms with E-state index in [2.05, 4.69) is 0 Å². The highest BCUT2D eigenvalue weighted by Crippen LogP contribution is 2.26. The third kappa shape index (κ3) is 3.03. The summed E-state index contributed by atoms with van der Waals surface area (Å²) in [5.41, 5.74) is -0.360. The van der Waals surface area contributed by atoms with Crippen molar-refractivity contribution in [2.24, 2.45) is 0 Å². The standard InChI is InChI=1S/C13H13F3O2/c14-13(15,16)12(17)9-5-7-11(8-6-9)18-10-3-1-2-4-10/h5-8,10H,1-4H2. The number of alkyl halides is 3. The van der Waals surface area contributed by atoms with E-state index in [1.54, 1.807) is 0 Å². The average Bonchev–Trinajstić information content (AvgIpc) is 2.81. The highest BCUT2D eigenvalue weighted by molar-refractivity contribution is 6.00. The number of benzene rings is 1. The van der Waals surface area contributed by atoms with Gasteiger partial charge in [0.25, 0.3) is 5.78 Å². The second-order valence-corrected chi connectivity index (χ2v) is 4.38. The van der Waals surface area contributed by atoms with Crippen LogP contribution in [0, 0.1) is 0 Å². The average molecular weight is 258 g/mol. The van der Waals surface area contributed by atoms with Crippen LogP contribution in [0.3, 0.4) is 0 Å². The van der Waals surface area contributed by atoms with E-state index < -0.39 is 12.0 Å². The fourth-order valence-corrected chi connectivity index (χ4v) is 2.05. The number of rotatable bonds is 3. The molecule has 18 heavy (non-hydrogen) atoms. The van der Waals surface area contributed by atoms with Crippen LogP contribution in [0.4, 0.5) is 13.2 Å². The van der Waals surface area contributed by atoms with Crippen LogP contribution in [0.5, 0.6) is 5.75 Å². The number of Topliss-reactive ketones (excluding diaryl/α,β-unsaturated/α-hetero) is 1. The molecular weight excluding hydrogens is 245 g/mol. The number of ether oxygens (including phenoxy) is 1. The van der Waals surface area contributed by atoms with Gasteiger partial charge in [0.1, 0.15) is 5.75 Å². The molecule has 2 nitrogen and oxygen atoms in total. The fourth-order valence-electron chi connectivity index (χ4n) is 2.05. The van der Waals surface area contributed by atoms with Gasteiger partial charge in [-0.3, -0.25) is 4.79 Å². The Kier molecular flexibility index (Phi) is 3.59. The van der Waals surface area contributed by atoms with E-state index in [0.29, 0.717) is 5.75 Å². The van der Waals surface area contributed by atoms with Crippen molar-refractivity contribution in [3.8, 4) is 5.75 Å². The van der Waals surface area contributed by atoms with Gasteiger partial charge >= 0.3 is 6.18 Å². The molecule has 5 heteroatoms. The van der Waals surface area contributed by atoms with Crippen molar-refractivity contribution in [3.63, 3.8) is 0 Å². The summed E-state index contributed by atoms with van der Waals surface area (Å²) in [5, 5.41) is 0. The zero-order valence-electron chi connectivity index (χ0n) is 9.67. The lowest BCUT2D eigenvalue weighted by molar-refractivity contribution is -0.0885. The quantitative estimate of drug-likeness (QED) is 0.772. The molecule has 2 rings (SSSR count). The van der Waals surface area contributed by atoms with Crippen LogP contribution in [0.2, 0.25) is 0 Å². The molecule has 1 aromatic carbocycles. The highest BCUT2D eigenvalue weighted by Gasteiger charge is 2.39. The zero-order valence-corrected chi connectivity index (χ0v) is 9.67. The predicted octanol–water partition coefficient (Wildman–Crippen LogP) is 3.75. The number of hydrogen-bond donors (Lipinski definition) is 0. The molecule has 98 valence electrons. The van der Waals surface area contributed by atoms with Crippen LogP contribution in [0.25, 0.3) is 0 Å². The number of halogens is 3. The molecule has 1 saturated carbocycles. The monoisotopic (exact) mass is 258 g/mol. The minimum Gasteiger partial charge on any atom is -0.490 e. The van der Waals surface area contributed by atoms with Gasteiger partial charge in [0, 0.05) is 5.56 Å². The van der Waals surface area contributed by atoms with Gasteiger partial charge in [-0.05, 0) is 49.9 Å². The predicted molar refractivity (Wildman–Crippen MR) is 59.7 cm³/mol. The van der Waals surface area contributed by atoms with Crippen LogP contribution >= 0.6 is 0 Å². The van der Waals surface area contributed by atoms with Gasteiger partial charge in [-0.2, -0.15) is 13.2 Å². The van der Waals surface area contributed by atoms with Crippen molar-refractivity contribution in [1.82, 2.24) is 0 Å². The normalized spacial score (nSPS) is 16.8. The summed E-state index contributed by atoms with van der Waals surface area (Å²) in [6, 6.07) is 5.13. The molecule has 0 amide bonds. The highest BCUT2D eigenvalue weighted by atomic mass is 19.4. The summed E-state index contributed by atoms with van der Waals surface area (Å²) in [7, 11) is 0. The number of ketones is 1. The number of carbonyl (C=O) groups is 1. The van der Waals surface area contributed by atoms with Crippen molar-refractivity contribution in [3.05, 3.63) is 29.8 Å². The summed E-state index contributed by atoms with van der Waals surface area (Å²) >= 11 is 0. The molecular formula is C13H13F3O2. The Labute approximate surface area is 103 Å². The number of carbonyl (C=O) groups excluding carboxylic acids is 1. The van der Waals surface area contributed by atoms with Crippen molar-refractivity contribution in [2.45, 2.75) is 38.0 Å². The number of hydrogen-bond acceptors (Lipinski definition) is 2. The second kappa shape index (κ2) is 5.00. The maximum atomic E-state index is 12.2. The van der Waals surface area contributed by atoms with E-state index in [-0.39, 0.29) is 11.7 Å². The Hall–Kier alpha value is -1.52. The van der Waals surface area contributed by atoms with Crippen LogP contribution in [0.15, 0.2) is 24.3 Å². The van der Waals surface area contributed by atoms with E-state index in [4.69, 9.17) is 4.74 Å². The minimum atomic E-state index is -4.83. The second-order valence-electron chi connectivity index (χ2n) is 4.38. The Morgan fingerprint density at radius 3 is 2.17 bits per heavy atom. The van der Waals surface area contributed by atoms with E-state index in [9.17, 15) is 18.0 Å². The summed E-state index contributed by atoms with van der Waals surface area (Å²) in [6.07, 6.45) is -0.487. The summed E-state index contributed by atoms with van der Waals surface area (Å²) in [6.45, 7) is 0. The van der Waals surface area contributed by atoms with Gasteiger partial charge in [0.05, 0.1) is 6.10 Å². The maximum Gasteiger partial charge on any atom is 0.454 e. The molecule has 0 atom stereocenters. The molecule has 0 spiro atoms. The molecule has 0 aliphatic heterocycles. The summed E-state index contributed by atoms with van der Waals surface area (Å²) in [5.74, 6) is -1.31. The molecule has 1 fully saturated rings. The van der Waals surface area contributed by atoms with Crippen LogP contribution in [-0.4, -0.2) is 18.1 Å². The molecule has 1 aliphatic rings. The summed E-state index contributed by atoms with van der Waals surface area (Å²) in [4.78, 5) is 11.0. The molecule has 1 aliphatic carbocycles.